The summed E-state index contributed by atoms with van der Waals surface area (Å²) in [7, 11) is 1.27. The van der Waals surface area contributed by atoms with Gasteiger partial charge in [-0.25, -0.2) is 14.4 Å². The Balaban J connectivity index is 1.65. The Morgan fingerprint density at radius 3 is 2.36 bits per heavy atom. The fourth-order valence-corrected chi connectivity index (χ4v) is 3.59. The number of nitro groups is 1. The maximum atomic E-state index is 14.1. The number of aliphatic hydroxyl groups is 1. The van der Waals surface area contributed by atoms with Crippen LogP contribution in [0, 0.1) is 21.7 Å². The SMILES string of the molecule is COc1cc(F)c([N+](=O)[O-])cc1Nc1ncnc(Nc2cc(Cl)c(F)cc2C2(O)CCC2)n1. The van der Waals surface area contributed by atoms with Crippen molar-refractivity contribution >= 4 is 40.6 Å². The van der Waals surface area contributed by atoms with Gasteiger partial charge in [-0.05, 0) is 31.4 Å². The number of halogens is 3. The molecule has 3 N–H and O–H groups in total. The van der Waals surface area contributed by atoms with Crippen LogP contribution in [0.3, 0.4) is 0 Å². The van der Waals surface area contributed by atoms with Crippen LogP contribution < -0.4 is 15.4 Å². The van der Waals surface area contributed by atoms with Crippen LogP contribution in [0.1, 0.15) is 24.8 Å². The van der Waals surface area contributed by atoms with Gasteiger partial charge in [0.05, 0.1) is 28.3 Å². The van der Waals surface area contributed by atoms with Crippen LogP contribution in [0.4, 0.5) is 37.7 Å². The van der Waals surface area contributed by atoms with Gasteiger partial charge in [-0.2, -0.15) is 9.37 Å². The normalized spacial score (nSPS) is 14.3. The number of nitrogens with one attached hydrogen (secondary N) is 2. The third-order valence-electron chi connectivity index (χ3n) is 5.27. The second-order valence-corrected chi connectivity index (χ2v) is 7.75. The summed E-state index contributed by atoms with van der Waals surface area (Å²) in [5, 5.41) is 27.3. The second kappa shape index (κ2) is 8.71. The van der Waals surface area contributed by atoms with Crippen LogP contribution in [0.2, 0.25) is 5.02 Å². The van der Waals surface area contributed by atoms with Gasteiger partial charge in [-0.1, -0.05) is 11.6 Å². The van der Waals surface area contributed by atoms with E-state index in [0.717, 1.165) is 24.9 Å². The number of hydrogen-bond acceptors (Lipinski definition) is 9. The molecule has 10 nitrogen and oxygen atoms in total. The standard InChI is InChI=1S/C20H17ClF2N6O4/c1-33-17-7-13(23)16(29(31)32)8-15(17)27-19-25-9-24-18(28-19)26-14-6-11(21)12(22)5-10(14)20(30)3-2-4-20/h5-9,30H,2-4H2,1H3,(H2,24,25,26,27,28). The molecule has 33 heavy (non-hydrogen) atoms. The van der Waals surface area contributed by atoms with E-state index in [-0.39, 0.29) is 28.4 Å². The second-order valence-electron chi connectivity index (χ2n) is 7.34. The molecule has 172 valence electrons. The zero-order valence-corrected chi connectivity index (χ0v) is 17.9. The van der Waals surface area contributed by atoms with E-state index >= 15 is 0 Å². The number of aromatic nitrogens is 3. The van der Waals surface area contributed by atoms with E-state index in [9.17, 15) is 24.0 Å². The van der Waals surface area contributed by atoms with E-state index in [1.165, 1.54) is 19.2 Å². The number of hydrogen-bond donors (Lipinski definition) is 3. The molecule has 0 saturated heterocycles. The van der Waals surface area contributed by atoms with Gasteiger partial charge in [-0.15, -0.1) is 0 Å². The first-order valence-corrected chi connectivity index (χ1v) is 10.0. The topological polar surface area (TPSA) is 135 Å². The Hall–Kier alpha value is -3.64. The molecule has 1 heterocycles. The van der Waals surface area contributed by atoms with Crippen molar-refractivity contribution in [1.29, 1.82) is 0 Å². The molecule has 0 amide bonds. The van der Waals surface area contributed by atoms with Gasteiger partial charge in [0.1, 0.15) is 17.9 Å². The summed E-state index contributed by atoms with van der Waals surface area (Å²) in [6.07, 6.45) is 2.89. The van der Waals surface area contributed by atoms with Crippen LogP contribution in [0.25, 0.3) is 0 Å². The van der Waals surface area contributed by atoms with Crippen molar-refractivity contribution in [2.75, 3.05) is 17.7 Å². The quantitative estimate of drug-likeness (QED) is 0.329. The molecule has 4 rings (SSSR count). The Morgan fingerprint density at radius 1 is 1.12 bits per heavy atom. The van der Waals surface area contributed by atoms with Crippen LogP contribution in [-0.2, 0) is 5.60 Å². The molecule has 3 aromatic rings. The molecule has 0 unspecified atom stereocenters. The number of nitrogens with zero attached hydrogens (tertiary/aromatic N) is 4. The predicted molar refractivity (Wildman–Crippen MR) is 115 cm³/mol. The highest BCUT2D eigenvalue weighted by Crippen LogP contribution is 2.45. The molecule has 1 aromatic heterocycles. The highest BCUT2D eigenvalue weighted by molar-refractivity contribution is 6.31. The van der Waals surface area contributed by atoms with Crippen molar-refractivity contribution in [3.05, 3.63) is 62.9 Å². The van der Waals surface area contributed by atoms with Crippen LogP contribution >= 0.6 is 11.6 Å². The average molecular weight is 479 g/mol. The van der Waals surface area contributed by atoms with E-state index < -0.39 is 27.8 Å². The molecule has 1 aliphatic rings. The lowest BCUT2D eigenvalue weighted by molar-refractivity contribution is -0.387. The molecule has 13 heteroatoms. The monoisotopic (exact) mass is 478 g/mol. The molecular formula is C20H17ClF2N6O4. The Morgan fingerprint density at radius 2 is 1.79 bits per heavy atom. The van der Waals surface area contributed by atoms with E-state index in [0.29, 0.717) is 24.1 Å². The van der Waals surface area contributed by atoms with Crippen molar-refractivity contribution in [3.8, 4) is 5.75 Å². The molecule has 0 radical (unpaired) electrons. The van der Waals surface area contributed by atoms with Crippen LogP contribution in [-0.4, -0.2) is 32.1 Å². The van der Waals surface area contributed by atoms with Crippen molar-refractivity contribution in [2.45, 2.75) is 24.9 Å². The van der Waals surface area contributed by atoms with Crippen LogP contribution in [0.15, 0.2) is 30.6 Å². The fraction of sp³-hybridized carbons (Fsp3) is 0.250. The minimum absolute atomic E-state index is 0.00664. The molecule has 1 aliphatic carbocycles. The van der Waals surface area contributed by atoms with Crippen molar-refractivity contribution < 1.29 is 23.5 Å². The molecule has 1 fully saturated rings. The maximum absolute atomic E-state index is 14.1. The maximum Gasteiger partial charge on any atom is 0.307 e. The summed E-state index contributed by atoms with van der Waals surface area (Å²) in [4.78, 5) is 22.3. The Kier molecular flexibility index (Phi) is 5.95. The number of ether oxygens (including phenoxy) is 1. The number of nitro benzene ring substituents is 1. The average Bonchev–Trinajstić information content (AvgIpc) is 2.75. The number of rotatable bonds is 7. The van der Waals surface area contributed by atoms with Gasteiger partial charge in [0, 0.05) is 23.4 Å². The van der Waals surface area contributed by atoms with E-state index in [1.807, 2.05) is 0 Å². The van der Waals surface area contributed by atoms with Gasteiger partial charge in [0.15, 0.2) is 0 Å². The summed E-state index contributed by atoms with van der Waals surface area (Å²) in [6.45, 7) is 0. The van der Waals surface area contributed by atoms with Gasteiger partial charge >= 0.3 is 5.69 Å². The molecular weight excluding hydrogens is 462 g/mol. The largest absolute Gasteiger partial charge is 0.494 e. The summed E-state index contributed by atoms with van der Waals surface area (Å²) < 4.78 is 33.0. The minimum Gasteiger partial charge on any atom is -0.494 e. The summed E-state index contributed by atoms with van der Waals surface area (Å²) in [6, 6.07) is 4.32. The van der Waals surface area contributed by atoms with Crippen molar-refractivity contribution in [2.24, 2.45) is 0 Å². The van der Waals surface area contributed by atoms with Crippen LogP contribution in [0.5, 0.6) is 5.75 Å². The van der Waals surface area contributed by atoms with Gasteiger partial charge in [-0.3, -0.25) is 10.1 Å². The van der Waals surface area contributed by atoms with Gasteiger partial charge in [0.25, 0.3) is 0 Å². The zero-order chi connectivity index (χ0) is 23.8. The first-order valence-electron chi connectivity index (χ1n) is 9.67. The zero-order valence-electron chi connectivity index (χ0n) is 17.1. The van der Waals surface area contributed by atoms with Gasteiger partial charge in [0.2, 0.25) is 17.7 Å². The number of benzene rings is 2. The summed E-state index contributed by atoms with van der Waals surface area (Å²) in [5.74, 6) is -1.75. The molecule has 1 saturated carbocycles. The fourth-order valence-electron chi connectivity index (χ4n) is 3.42. The molecule has 0 aliphatic heterocycles. The highest BCUT2D eigenvalue weighted by atomic mass is 35.5. The summed E-state index contributed by atoms with van der Waals surface area (Å²) in [5.41, 5.74) is -1.26. The smallest absolute Gasteiger partial charge is 0.307 e. The minimum atomic E-state index is -1.19. The van der Waals surface area contributed by atoms with Crippen molar-refractivity contribution in [3.63, 3.8) is 0 Å². The third kappa shape index (κ3) is 4.47. The summed E-state index contributed by atoms with van der Waals surface area (Å²) >= 11 is 5.93. The van der Waals surface area contributed by atoms with Gasteiger partial charge < -0.3 is 20.5 Å². The number of anilines is 4. The molecule has 0 bridgehead atoms. The lowest BCUT2D eigenvalue weighted by atomic mass is 9.74. The van der Waals surface area contributed by atoms with Crippen molar-refractivity contribution in [1.82, 2.24) is 15.0 Å². The highest BCUT2D eigenvalue weighted by Gasteiger charge is 2.39. The lowest BCUT2D eigenvalue weighted by Gasteiger charge is -2.38. The first-order chi connectivity index (χ1) is 15.7. The Bertz CT molecular complexity index is 1240. The predicted octanol–water partition coefficient (Wildman–Crippen LogP) is 4.58. The Labute approximate surface area is 190 Å². The molecule has 0 atom stereocenters. The van der Waals surface area contributed by atoms with E-state index in [2.05, 4.69) is 25.6 Å². The molecule has 0 spiro atoms. The first kappa shape index (κ1) is 22.6. The number of methoxy groups -OCH3 is 1. The third-order valence-corrected chi connectivity index (χ3v) is 5.56. The van der Waals surface area contributed by atoms with E-state index in [1.54, 1.807) is 0 Å². The van der Waals surface area contributed by atoms with E-state index in [4.69, 9.17) is 16.3 Å². The lowest BCUT2D eigenvalue weighted by Crippen LogP contribution is -2.34. The molecule has 2 aromatic carbocycles.